The predicted octanol–water partition coefficient (Wildman–Crippen LogP) is 6.89. The fraction of sp³-hybridized carbons (Fsp3) is 0.609. The van der Waals surface area contributed by atoms with Crippen LogP contribution in [-0.2, 0) is 0 Å². The van der Waals surface area contributed by atoms with Gasteiger partial charge in [0.2, 0.25) is 0 Å². The van der Waals surface area contributed by atoms with Crippen LogP contribution in [-0.4, -0.2) is 12.3 Å². The quantitative estimate of drug-likeness (QED) is 0.561. The van der Waals surface area contributed by atoms with E-state index in [1.54, 1.807) is 6.07 Å². The molecular formula is C23H34FNO. The van der Waals surface area contributed by atoms with Crippen molar-refractivity contribution in [1.29, 1.82) is 0 Å². The molecule has 1 aliphatic heterocycles. The SMILES string of the molecule is CC.CCC(C)C1=N/C(C)=C/CC(C)c2cc(OCC3CC3)c(F)cc21. The van der Waals surface area contributed by atoms with E-state index in [1.165, 1.54) is 12.8 Å². The van der Waals surface area contributed by atoms with E-state index in [0.29, 0.717) is 30.1 Å². The van der Waals surface area contributed by atoms with Gasteiger partial charge >= 0.3 is 0 Å². The lowest BCUT2D eigenvalue weighted by atomic mass is 9.85. The first-order valence-corrected chi connectivity index (χ1v) is 10.2. The molecule has 2 aliphatic rings. The lowest BCUT2D eigenvalue weighted by Crippen LogP contribution is -2.18. The summed E-state index contributed by atoms with van der Waals surface area (Å²) in [6.45, 7) is 13.2. The highest BCUT2D eigenvalue weighted by Gasteiger charge is 2.25. The van der Waals surface area contributed by atoms with E-state index in [9.17, 15) is 4.39 Å². The highest BCUT2D eigenvalue weighted by atomic mass is 19.1. The third-order valence-corrected chi connectivity index (χ3v) is 5.23. The van der Waals surface area contributed by atoms with E-state index in [2.05, 4.69) is 26.8 Å². The molecule has 144 valence electrons. The minimum atomic E-state index is -0.264. The summed E-state index contributed by atoms with van der Waals surface area (Å²) in [5, 5.41) is 0. The van der Waals surface area contributed by atoms with E-state index >= 15 is 0 Å². The number of halogens is 1. The summed E-state index contributed by atoms with van der Waals surface area (Å²) in [6, 6.07) is 3.57. The van der Waals surface area contributed by atoms with Crippen molar-refractivity contribution in [2.24, 2.45) is 16.8 Å². The first kappa shape index (κ1) is 20.7. The third kappa shape index (κ3) is 4.96. The Kier molecular flexibility index (Phi) is 7.43. The Morgan fingerprint density at radius 1 is 1.27 bits per heavy atom. The smallest absolute Gasteiger partial charge is 0.165 e. The van der Waals surface area contributed by atoms with Crippen LogP contribution in [0.1, 0.15) is 84.3 Å². The molecule has 2 nitrogen and oxygen atoms in total. The van der Waals surface area contributed by atoms with E-state index < -0.39 is 0 Å². The summed E-state index contributed by atoms with van der Waals surface area (Å²) in [5.41, 5.74) is 4.14. The molecule has 1 fully saturated rings. The number of nitrogens with zero attached hydrogens (tertiary/aromatic N) is 1. The number of aliphatic imine (C=N–C) groups is 1. The summed E-state index contributed by atoms with van der Waals surface area (Å²) in [4.78, 5) is 4.81. The normalized spacial score (nSPS) is 22.5. The molecule has 1 aliphatic carbocycles. The Morgan fingerprint density at radius 2 is 1.96 bits per heavy atom. The highest BCUT2D eigenvalue weighted by Crippen LogP contribution is 2.35. The maximum absolute atomic E-state index is 14.7. The molecule has 1 aromatic carbocycles. The molecule has 3 rings (SSSR count). The number of allylic oxidation sites excluding steroid dienone is 2. The molecule has 0 saturated heterocycles. The summed E-state index contributed by atoms with van der Waals surface area (Å²) in [7, 11) is 0. The van der Waals surface area contributed by atoms with E-state index in [0.717, 1.165) is 35.4 Å². The predicted molar refractivity (Wildman–Crippen MR) is 109 cm³/mol. The molecule has 3 heteroatoms. The van der Waals surface area contributed by atoms with Crippen molar-refractivity contribution in [2.45, 2.75) is 73.1 Å². The summed E-state index contributed by atoms with van der Waals surface area (Å²) >= 11 is 0. The van der Waals surface area contributed by atoms with Gasteiger partial charge in [0.1, 0.15) is 0 Å². The first-order valence-electron chi connectivity index (χ1n) is 10.2. The van der Waals surface area contributed by atoms with Crippen LogP contribution < -0.4 is 4.74 Å². The average Bonchev–Trinajstić information content (AvgIpc) is 3.47. The number of fused-ring (bicyclic) bond motifs is 1. The largest absolute Gasteiger partial charge is 0.490 e. The van der Waals surface area contributed by atoms with Gasteiger partial charge in [-0.15, -0.1) is 0 Å². The van der Waals surface area contributed by atoms with Gasteiger partial charge in [-0.1, -0.05) is 40.7 Å². The van der Waals surface area contributed by atoms with Gasteiger partial charge in [-0.2, -0.15) is 0 Å². The zero-order valence-corrected chi connectivity index (χ0v) is 17.2. The van der Waals surface area contributed by atoms with Gasteiger partial charge < -0.3 is 4.74 Å². The van der Waals surface area contributed by atoms with Crippen molar-refractivity contribution >= 4 is 5.71 Å². The first-order chi connectivity index (χ1) is 12.5. The van der Waals surface area contributed by atoms with Crippen molar-refractivity contribution in [1.82, 2.24) is 0 Å². The van der Waals surface area contributed by atoms with Crippen molar-refractivity contribution < 1.29 is 9.13 Å². The monoisotopic (exact) mass is 359 g/mol. The maximum atomic E-state index is 14.7. The molecule has 1 aromatic rings. The highest BCUT2D eigenvalue weighted by molar-refractivity contribution is 6.04. The standard InChI is InChI=1S/C21H28FNO.C2H6/c1-5-13(2)21-18-10-19(22)20(24-12-16-8-9-16)11-17(18)14(3)6-7-15(4)23-21;1-2/h7,10-11,13-14,16H,5-6,8-9,12H2,1-4H3;1-2H3/b15-7+,23-21?;. The van der Waals surface area contributed by atoms with Gasteiger partial charge in [-0.05, 0) is 68.1 Å². The molecular weight excluding hydrogens is 325 g/mol. The van der Waals surface area contributed by atoms with Crippen LogP contribution in [0.15, 0.2) is 28.9 Å². The Hall–Kier alpha value is -1.64. The van der Waals surface area contributed by atoms with Crippen LogP contribution in [0.3, 0.4) is 0 Å². The van der Waals surface area contributed by atoms with Gasteiger partial charge in [0.25, 0.3) is 0 Å². The molecule has 1 saturated carbocycles. The van der Waals surface area contributed by atoms with Crippen molar-refractivity contribution in [2.75, 3.05) is 6.61 Å². The average molecular weight is 360 g/mol. The molecule has 0 spiro atoms. The van der Waals surface area contributed by atoms with Crippen LogP contribution >= 0.6 is 0 Å². The van der Waals surface area contributed by atoms with Crippen molar-refractivity contribution in [3.8, 4) is 5.75 Å². The Balaban J connectivity index is 0.00000117. The van der Waals surface area contributed by atoms with Gasteiger partial charge in [0.05, 0.1) is 12.3 Å². The minimum Gasteiger partial charge on any atom is -0.490 e. The maximum Gasteiger partial charge on any atom is 0.165 e. The lowest BCUT2D eigenvalue weighted by molar-refractivity contribution is 0.285. The zero-order valence-electron chi connectivity index (χ0n) is 17.2. The Morgan fingerprint density at radius 3 is 2.58 bits per heavy atom. The molecule has 2 unspecified atom stereocenters. The second kappa shape index (κ2) is 9.34. The van der Waals surface area contributed by atoms with E-state index in [1.807, 2.05) is 26.8 Å². The molecule has 2 atom stereocenters. The Bertz CT molecular complexity index is 673. The molecule has 1 heterocycles. The summed E-state index contributed by atoms with van der Waals surface area (Å²) < 4.78 is 20.4. The number of benzene rings is 1. The molecule has 0 bridgehead atoms. The number of hydrogen-bond acceptors (Lipinski definition) is 2. The van der Waals surface area contributed by atoms with Crippen LogP contribution in [0, 0.1) is 17.7 Å². The van der Waals surface area contributed by atoms with Gasteiger partial charge in [-0.25, -0.2) is 4.39 Å². The molecule has 0 aromatic heterocycles. The van der Waals surface area contributed by atoms with Crippen LogP contribution in [0.5, 0.6) is 5.75 Å². The second-order valence-corrected chi connectivity index (χ2v) is 7.41. The lowest BCUT2D eigenvalue weighted by Gasteiger charge is -2.24. The Labute approximate surface area is 158 Å². The fourth-order valence-corrected chi connectivity index (χ4v) is 3.14. The van der Waals surface area contributed by atoms with Crippen LogP contribution in [0.2, 0.25) is 0 Å². The second-order valence-electron chi connectivity index (χ2n) is 7.41. The zero-order chi connectivity index (χ0) is 19.3. The van der Waals surface area contributed by atoms with E-state index in [-0.39, 0.29) is 5.82 Å². The number of ether oxygens (including phenoxy) is 1. The molecule has 0 amide bonds. The van der Waals surface area contributed by atoms with E-state index in [4.69, 9.17) is 9.73 Å². The van der Waals surface area contributed by atoms with Crippen molar-refractivity contribution in [3.05, 3.63) is 40.8 Å². The summed E-state index contributed by atoms with van der Waals surface area (Å²) in [6.07, 6.45) is 6.51. The number of rotatable bonds is 5. The third-order valence-electron chi connectivity index (χ3n) is 5.23. The molecule has 0 N–H and O–H groups in total. The fourth-order valence-electron chi connectivity index (χ4n) is 3.14. The van der Waals surface area contributed by atoms with Gasteiger partial charge in [0.15, 0.2) is 11.6 Å². The number of hydrogen-bond donors (Lipinski definition) is 0. The molecule has 26 heavy (non-hydrogen) atoms. The minimum absolute atomic E-state index is 0.264. The van der Waals surface area contributed by atoms with Gasteiger partial charge in [-0.3, -0.25) is 4.99 Å². The van der Waals surface area contributed by atoms with Crippen molar-refractivity contribution in [3.63, 3.8) is 0 Å². The molecule has 0 radical (unpaired) electrons. The summed E-state index contributed by atoms with van der Waals surface area (Å²) in [5.74, 6) is 1.38. The van der Waals surface area contributed by atoms with Gasteiger partial charge in [0, 0.05) is 11.3 Å². The topological polar surface area (TPSA) is 21.6 Å². The van der Waals surface area contributed by atoms with Crippen LogP contribution in [0.4, 0.5) is 4.39 Å². The van der Waals surface area contributed by atoms with Crippen LogP contribution in [0.25, 0.3) is 0 Å².